The molecule has 1 rings (SSSR count). The summed E-state index contributed by atoms with van der Waals surface area (Å²) in [6.07, 6.45) is 4.56. The highest BCUT2D eigenvalue weighted by atomic mass is 16.2. The van der Waals surface area contributed by atoms with Crippen LogP contribution in [-0.4, -0.2) is 24.0 Å². The molecule has 18 heavy (non-hydrogen) atoms. The Balaban J connectivity index is 2.56. The van der Waals surface area contributed by atoms with Gasteiger partial charge in [0.2, 0.25) is 5.91 Å². The zero-order valence-electron chi connectivity index (χ0n) is 11.7. The van der Waals surface area contributed by atoms with E-state index in [4.69, 9.17) is 5.73 Å². The molecule has 4 heteroatoms. The van der Waals surface area contributed by atoms with Crippen molar-refractivity contribution in [2.75, 3.05) is 11.9 Å². The van der Waals surface area contributed by atoms with Crippen LogP contribution in [0.1, 0.15) is 33.6 Å². The highest BCUT2D eigenvalue weighted by Gasteiger charge is 2.20. The van der Waals surface area contributed by atoms with E-state index >= 15 is 0 Å². The number of carbonyl (C=O) groups excluding carboxylic acids is 1. The number of nitrogens with zero attached hydrogens (tertiary/aromatic N) is 2. The lowest BCUT2D eigenvalue weighted by atomic mass is 9.87. The molecule has 0 aliphatic rings. The minimum Gasteiger partial charge on any atom is -0.327 e. The maximum atomic E-state index is 12.1. The molecule has 0 bridgehead atoms. The number of nitrogens with two attached hydrogens (primary N) is 1. The van der Waals surface area contributed by atoms with Gasteiger partial charge in [-0.3, -0.25) is 9.78 Å². The molecular weight excluding hydrogens is 226 g/mol. The highest BCUT2D eigenvalue weighted by Crippen LogP contribution is 2.22. The lowest BCUT2D eigenvalue weighted by Crippen LogP contribution is -2.35. The maximum absolute atomic E-state index is 12.1. The third kappa shape index (κ3) is 4.84. The molecular formula is C14H23N3O. The molecule has 100 valence electrons. The Bertz CT molecular complexity index is 384. The number of pyridine rings is 1. The van der Waals surface area contributed by atoms with Crippen molar-refractivity contribution in [1.29, 1.82) is 0 Å². The van der Waals surface area contributed by atoms with Crippen molar-refractivity contribution in [3.05, 3.63) is 24.5 Å². The van der Waals surface area contributed by atoms with Crippen LogP contribution in [0.25, 0.3) is 0 Å². The summed E-state index contributed by atoms with van der Waals surface area (Å²) in [4.78, 5) is 17.6. The lowest BCUT2D eigenvalue weighted by molar-refractivity contribution is -0.118. The monoisotopic (exact) mass is 249 g/mol. The fourth-order valence-electron chi connectivity index (χ4n) is 1.93. The van der Waals surface area contributed by atoms with Gasteiger partial charge in [0.1, 0.15) is 0 Å². The first-order chi connectivity index (χ1) is 8.29. The van der Waals surface area contributed by atoms with E-state index in [1.165, 1.54) is 0 Å². The molecule has 1 atom stereocenters. The Labute approximate surface area is 109 Å². The van der Waals surface area contributed by atoms with E-state index in [9.17, 15) is 4.79 Å². The summed E-state index contributed by atoms with van der Waals surface area (Å²) < 4.78 is 0. The van der Waals surface area contributed by atoms with E-state index < -0.39 is 0 Å². The molecule has 0 spiro atoms. The third-order valence-electron chi connectivity index (χ3n) is 2.74. The Hall–Kier alpha value is -1.42. The minimum atomic E-state index is -0.0956. The summed E-state index contributed by atoms with van der Waals surface area (Å²) in [5.41, 5.74) is 7.01. The molecule has 0 fully saturated rings. The molecule has 1 amide bonds. The second-order valence-corrected chi connectivity index (χ2v) is 5.89. The largest absolute Gasteiger partial charge is 0.327 e. The highest BCUT2D eigenvalue weighted by molar-refractivity contribution is 5.93. The van der Waals surface area contributed by atoms with Gasteiger partial charge in [0.15, 0.2) is 0 Å². The first-order valence-corrected chi connectivity index (χ1v) is 6.22. The molecule has 1 aromatic heterocycles. The smallest absolute Gasteiger partial charge is 0.228 e. The molecule has 0 aliphatic carbocycles. The number of aromatic nitrogens is 1. The van der Waals surface area contributed by atoms with Crippen molar-refractivity contribution in [3.8, 4) is 0 Å². The molecule has 1 unspecified atom stereocenters. The van der Waals surface area contributed by atoms with Crippen molar-refractivity contribution >= 4 is 11.6 Å². The van der Waals surface area contributed by atoms with E-state index in [0.717, 1.165) is 12.1 Å². The van der Waals surface area contributed by atoms with Crippen LogP contribution in [0.4, 0.5) is 5.69 Å². The van der Waals surface area contributed by atoms with E-state index in [2.05, 4.69) is 25.8 Å². The zero-order valence-corrected chi connectivity index (χ0v) is 11.7. The fourth-order valence-corrected chi connectivity index (χ4v) is 1.93. The van der Waals surface area contributed by atoms with Gasteiger partial charge in [-0.05, 0) is 24.0 Å². The van der Waals surface area contributed by atoms with Gasteiger partial charge in [0.05, 0.1) is 0 Å². The number of hydrogen-bond acceptors (Lipinski definition) is 3. The van der Waals surface area contributed by atoms with E-state index in [0.29, 0.717) is 6.42 Å². The van der Waals surface area contributed by atoms with Gasteiger partial charge in [-0.1, -0.05) is 20.8 Å². The van der Waals surface area contributed by atoms with Crippen molar-refractivity contribution in [2.24, 2.45) is 11.1 Å². The van der Waals surface area contributed by atoms with Crippen LogP contribution in [0, 0.1) is 5.41 Å². The maximum Gasteiger partial charge on any atom is 0.228 e. The van der Waals surface area contributed by atoms with Crippen LogP contribution in [0.3, 0.4) is 0 Å². The Morgan fingerprint density at radius 3 is 2.44 bits per heavy atom. The molecule has 2 N–H and O–H groups in total. The van der Waals surface area contributed by atoms with Crippen LogP contribution in [-0.2, 0) is 4.79 Å². The topological polar surface area (TPSA) is 59.2 Å². The first kappa shape index (κ1) is 14.6. The van der Waals surface area contributed by atoms with Crippen molar-refractivity contribution in [1.82, 2.24) is 4.98 Å². The van der Waals surface area contributed by atoms with Crippen molar-refractivity contribution < 1.29 is 4.79 Å². The second kappa shape index (κ2) is 5.96. The Morgan fingerprint density at radius 1 is 1.39 bits per heavy atom. The SMILES string of the molecule is CN(C(=O)CC(N)CC(C)(C)C)c1ccncc1. The van der Waals surface area contributed by atoms with Gasteiger partial charge >= 0.3 is 0 Å². The Kier molecular flexibility index (Phi) is 4.84. The first-order valence-electron chi connectivity index (χ1n) is 6.22. The predicted molar refractivity (Wildman–Crippen MR) is 74.3 cm³/mol. The molecule has 4 nitrogen and oxygen atoms in total. The quantitative estimate of drug-likeness (QED) is 0.890. The average Bonchev–Trinajstić information content (AvgIpc) is 2.26. The van der Waals surface area contributed by atoms with E-state index in [1.807, 2.05) is 12.1 Å². The summed E-state index contributed by atoms with van der Waals surface area (Å²) in [5, 5.41) is 0. The summed E-state index contributed by atoms with van der Waals surface area (Å²) in [5.74, 6) is 0.0398. The van der Waals surface area contributed by atoms with Gasteiger partial charge in [-0.15, -0.1) is 0 Å². The molecule has 0 saturated heterocycles. The second-order valence-electron chi connectivity index (χ2n) is 5.89. The lowest BCUT2D eigenvalue weighted by Gasteiger charge is -2.24. The van der Waals surface area contributed by atoms with Crippen LogP contribution in [0.15, 0.2) is 24.5 Å². The van der Waals surface area contributed by atoms with Gasteiger partial charge in [-0.25, -0.2) is 0 Å². The van der Waals surface area contributed by atoms with Crippen molar-refractivity contribution in [3.63, 3.8) is 0 Å². The van der Waals surface area contributed by atoms with Crippen LogP contribution >= 0.6 is 0 Å². The standard InChI is InChI=1S/C14H23N3O/c1-14(2,3)10-11(15)9-13(18)17(4)12-5-7-16-8-6-12/h5-8,11H,9-10,15H2,1-4H3. The normalized spacial score (nSPS) is 13.2. The van der Waals surface area contributed by atoms with Gasteiger partial charge < -0.3 is 10.6 Å². The molecule has 0 radical (unpaired) electrons. The predicted octanol–water partition coefficient (Wildman–Crippen LogP) is 2.20. The molecule has 0 saturated carbocycles. The summed E-state index contributed by atoms with van der Waals surface area (Å²) in [6, 6.07) is 3.53. The summed E-state index contributed by atoms with van der Waals surface area (Å²) in [6.45, 7) is 6.39. The van der Waals surface area contributed by atoms with Crippen molar-refractivity contribution in [2.45, 2.75) is 39.7 Å². The fraction of sp³-hybridized carbons (Fsp3) is 0.571. The van der Waals surface area contributed by atoms with Crippen LogP contribution in [0.5, 0.6) is 0 Å². The van der Waals surface area contributed by atoms with Crippen LogP contribution in [0.2, 0.25) is 0 Å². The number of carbonyl (C=O) groups is 1. The van der Waals surface area contributed by atoms with E-state index in [-0.39, 0.29) is 17.4 Å². The number of anilines is 1. The van der Waals surface area contributed by atoms with Gasteiger partial charge in [0, 0.05) is 37.6 Å². The molecule has 0 aliphatic heterocycles. The summed E-state index contributed by atoms with van der Waals surface area (Å²) >= 11 is 0. The Morgan fingerprint density at radius 2 is 1.94 bits per heavy atom. The molecule has 1 aromatic rings. The van der Waals surface area contributed by atoms with Gasteiger partial charge in [0.25, 0.3) is 0 Å². The van der Waals surface area contributed by atoms with E-state index in [1.54, 1.807) is 24.3 Å². The zero-order chi connectivity index (χ0) is 13.8. The molecule has 0 aromatic carbocycles. The minimum absolute atomic E-state index is 0.0398. The van der Waals surface area contributed by atoms with Crippen LogP contribution < -0.4 is 10.6 Å². The average molecular weight is 249 g/mol. The third-order valence-corrected chi connectivity index (χ3v) is 2.74. The van der Waals surface area contributed by atoms with Gasteiger partial charge in [-0.2, -0.15) is 0 Å². The number of rotatable bonds is 4. The molecule has 1 heterocycles. The summed E-state index contributed by atoms with van der Waals surface area (Å²) in [7, 11) is 1.77. The number of amides is 1. The number of hydrogen-bond donors (Lipinski definition) is 1.